The highest BCUT2D eigenvalue weighted by Gasteiger charge is 2.30. The van der Waals surface area contributed by atoms with Gasteiger partial charge in [-0.25, -0.2) is 9.78 Å². The van der Waals surface area contributed by atoms with Crippen LogP contribution in [0.15, 0.2) is 47.8 Å². The summed E-state index contributed by atoms with van der Waals surface area (Å²) in [5, 5.41) is 10.4. The zero-order chi connectivity index (χ0) is 27.1. The van der Waals surface area contributed by atoms with E-state index in [1.54, 1.807) is 11.3 Å². The van der Waals surface area contributed by atoms with E-state index in [4.69, 9.17) is 14.5 Å². The SMILES string of the molecule is Cc1csc(-c2c(-c3ccc(NC(=O)NC4CCC4)cc3)n(C3CCC3)c3cc(OC4CCOCC4)ccc23)n1. The summed E-state index contributed by atoms with van der Waals surface area (Å²) in [6.45, 7) is 3.58. The van der Waals surface area contributed by atoms with Gasteiger partial charge in [0, 0.05) is 58.7 Å². The van der Waals surface area contributed by atoms with Crippen molar-refractivity contribution in [2.24, 2.45) is 0 Å². The van der Waals surface area contributed by atoms with Gasteiger partial charge in [0.25, 0.3) is 0 Å². The van der Waals surface area contributed by atoms with Gasteiger partial charge in [0.2, 0.25) is 0 Å². The van der Waals surface area contributed by atoms with Crippen molar-refractivity contribution in [3.8, 4) is 27.6 Å². The third-order valence-electron chi connectivity index (χ3n) is 8.58. The molecule has 0 atom stereocenters. The number of aryl methyl sites for hydroxylation is 1. The van der Waals surface area contributed by atoms with Crippen molar-refractivity contribution in [3.05, 3.63) is 53.5 Å². The summed E-state index contributed by atoms with van der Waals surface area (Å²) in [7, 11) is 0. The number of thiazole rings is 1. The summed E-state index contributed by atoms with van der Waals surface area (Å²) >= 11 is 1.70. The molecule has 40 heavy (non-hydrogen) atoms. The molecule has 3 fully saturated rings. The van der Waals surface area contributed by atoms with Crippen molar-refractivity contribution in [3.63, 3.8) is 0 Å². The van der Waals surface area contributed by atoms with E-state index in [0.29, 0.717) is 12.1 Å². The molecule has 0 radical (unpaired) electrons. The molecule has 1 aliphatic heterocycles. The van der Waals surface area contributed by atoms with Crippen LogP contribution < -0.4 is 15.4 Å². The predicted octanol–water partition coefficient (Wildman–Crippen LogP) is 7.70. The van der Waals surface area contributed by atoms with E-state index in [-0.39, 0.29) is 12.1 Å². The van der Waals surface area contributed by atoms with E-state index in [1.165, 1.54) is 47.8 Å². The van der Waals surface area contributed by atoms with Crippen LogP contribution >= 0.6 is 11.3 Å². The number of carbonyl (C=O) groups excluding carboxylic acids is 1. The minimum atomic E-state index is -0.128. The lowest BCUT2D eigenvalue weighted by Gasteiger charge is -2.30. The van der Waals surface area contributed by atoms with Gasteiger partial charge in [-0.1, -0.05) is 12.1 Å². The Labute approximate surface area is 238 Å². The number of benzene rings is 2. The second-order valence-corrected chi connectivity index (χ2v) is 12.2. The molecular formula is C32H36N4O3S. The number of rotatable bonds is 7. The Morgan fingerprint density at radius 2 is 1.80 bits per heavy atom. The predicted molar refractivity (Wildman–Crippen MR) is 160 cm³/mol. The molecule has 7 rings (SSSR count). The molecule has 3 aliphatic rings. The molecule has 0 unspecified atom stereocenters. The lowest BCUT2D eigenvalue weighted by atomic mass is 9.92. The van der Waals surface area contributed by atoms with Crippen molar-refractivity contribution >= 4 is 34.0 Å². The second-order valence-electron chi connectivity index (χ2n) is 11.4. The van der Waals surface area contributed by atoms with Crippen molar-refractivity contribution in [2.75, 3.05) is 18.5 Å². The molecule has 0 spiro atoms. The first-order valence-electron chi connectivity index (χ1n) is 14.6. The highest BCUT2D eigenvalue weighted by molar-refractivity contribution is 7.13. The maximum atomic E-state index is 12.4. The molecule has 2 aromatic heterocycles. The van der Waals surface area contributed by atoms with Crippen LogP contribution in [0.1, 0.15) is 63.1 Å². The van der Waals surface area contributed by atoms with Crippen LogP contribution in [0.5, 0.6) is 5.75 Å². The van der Waals surface area contributed by atoms with Crippen molar-refractivity contribution < 1.29 is 14.3 Å². The fraction of sp³-hybridized carbons (Fsp3) is 0.438. The largest absolute Gasteiger partial charge is 0.490 e. The zero-order valence-corrected chi connectivity index (χ0v) is 23.8. The number of hydrogen-bond donors (Lipinski definition) is 2. The van der Waals surface area contributed by atoms with Crippen LogP contribution in [0, 0.1) is 6.92 Å². The van der Waals surface area contributed by atoms with Gasteiger partial charge < -0.3 is 24.7 Å². The topological polar surface area (TPSA) is 77.4 Å². The quantitative estimate of drug-likeness (QED) is 0.245. The highest BCUT2D eigenvalue weighted by atomic mass is 32.1. The normalized spacial score (nSPS) is 18.3. The monoisotopic (exact) mass is 556 g/mol. The molecule has 2 aliphatic carbocycles. The van der Waals surface area contributed by atoms with E-state index < -0.39 is 0 Å². The lowest BCUT2D eigenvalue weighted by Crippen LogP contribution is -2.41. The molecule has 208 valence electrons. The maximum Gasteiger partial charge on any atom is 0.319 e. The lowest BCUT2D eigenvalue weighted by molar-refractivity contribution is 0.0256. The Morgan fingerprint density at radius 3 is 2.45 bits per heavy atom. The molecule has 2 saturated carbocycles. The Bertz CT molecular complexity index is 1510. The maximum absolute atomic E-state index is 12.4. The van der Waals surface area contributed by atoms with E-state index in [1.807, 2.05) is 12.1 Å². The molecule has 2 N–H and O–H groups in total. The van der Waals surface area contributed by atoms with Crippen molar-refractivity contribution in [2.45, 2.75) is 76.5 Å². The fourth-order valence-corrected chi connectivity index (χ4v) is 6.82. The third kappa shape index (κ3) is 4.99. The van der Waals surface area contributed by atoms with Crippen LogP contribution in [0.2, 0.25) is 0 Å². The fourth-order valence-electron chi connectivity index (χ4n) is 5.96. The van der Waals surface area contributed by atoms with Gasteiger partial charge in [0.05, 0.1) is 24.4 Å². The van der Waals surface area contributed by atoms with Crippen LogP contribution in [0.4, 0.5) is 10.5 Å². The van der Waals surface area contributed by atoms with Crippen molar-refractivity contribution in [1.29, 1.82) is 0 Å². The molecular weight excluding hydrogens is 520 g/mol. The first-order chi connectivity index (χ1) is 19.6. The van der Waals surface area contributed by atoms with E-state index in [2.05, 4.69) is 57.8 Å². The smallest absolute Gasteiger partial charge is 0.319 e. The van der Waals surface area contributed by atoms with E-state index >= 15 is 0 Å². The number of ether oxygens (including phenoxy) is 2. The average Bonchev–Trinajstić information content (AvgIpc) is 3.47. The molecule has 1 saturated heterocycles. The molecule has 3 heterocycles. The number of amides is 2. The number of nitrogens with one attached hydrogen (secondary N) is 2. The third-order valence-corrected chi connectivity index (χ3v) is 9.55. The van der Waals surface area contributed by atoms with Crippen molar-refractivity contribution in [1.82, 2.24) is 14.9 Å². The number of fused-ring (bicyclic) bond motifs is 1. The summed E-state index contributed by atoms with van der Waals surface area (Å²) in [6, 6.07) is 15.5. The van der Waals surface area contributed by atoms with Gasteiger partial charge in [-0.15, -0.1) is 11.3 Å². The molecule has 4 aromatic rings. The van der Waals surface area contributed by atoms with E-state index in [0.717, 1.165) is 66.6 Å². The molecule has 8 heteroatoms. The number of nitrogens with zero attached hydrogens (tertiary/aromatic N) is 2. The van der Waals surface area contributed by atoms with Crippen LogP contribution in [0.25, 0.3) is 32.7 Å². The van der Waals surface area contributed by atoms with Gasteiger partial charge in [0.15, 0.2) is 0 Å². The first kappa shape index (κ1) is 25.6. The summed E-state index contributed by atoms with van der Waals surface area (Å²) in [4.78, 5) is 17.4. The zero-order valence-electron chi connectivity index (χ0n) is 22.9. The number of anilines is 1. The molecule has 0 bridgehead atoms. The van der Waals surface area contributed by atoms with Crippen LogP contribution in [0.3, 0.4) is 0 Å². The Balaban J connectivity index is 1.29. The van der Waals surface area contributed by atoms with Gasteiger partial charge >= 0.3 is 6.03 Å². The minimum absolute atomic E-state index is 0.128. The second kappa shape index (κ2) is 10.9. The first-order valence-corrected chi connectivity index (χ1v) is 15.5. The Hall–Kier alpha value is -3.36. The molecule has 2 aromatic carbocycles. The Kier molecular flexibility index (Phi) is 6.97. The summed E-state index contributed by atoms with van der Waals surface area (Å²) in [6.07, 6.45) is 8.95. The molecule has 7 nitrogen and oxygen atoms in total. The number of hydrogen-bond acceptors (Lipinski definition) is 5. The van der Waals surface area contributed by atoms with Crippen LogP contribution in [-0.4, -0.2) is 40.9 Å². The van der Waals surface area contributed by atoms with Gasteiger partial charge in [-0.2, -0.15) is 0 Å². The van der Waals surface area contributed by atoms with Gasteiger partial charge in [-0.05, 0) is 75.3 Å². The number of carbonyl (C=O) groups is 1. The minimum Gasteiger partial charge on any atom is -0.490 e. The Morgan fingerprint density at radius 1 is 1.02 bits per heavy atom. The molecule has 2 amide bonds. The summed E-state index contributed by atoms with van der Waals surface area (Å²) < 4.78 is 14.5. The van der Waals surface area contributed by atoms with Gasteiger partial charge in [0.1, 0.15) is 16.9 Å². The summed E-state index contributed by atoms with van der Waals surface area (Å²) in [5.74, 6) is 0.919. The number of urea groups is 1. The van der Waals surface area contributed by atoms with Crippen LogP contribution in [-0.2, 0) is 4.74 Å². The highest BCUT2D eigenvalue weighted by Crippen LogP contribution is 2.48. The summed E-state index contributed by atoms with van der Waals surface area (Å²) in [5.41, 5.74) is 6.54. The average molecular weight is 557 g/mol. The number of aromatic nitrogens is 2. The van der Waals surface area contributed by atoms with Gasteiger partial charge in [-0.3, -0.25) is 0 Å². The standard InChI is InChI=1S/C32H36N4O3S/c1-20-19-40-31(33-20)29-27-13-12-26(39-25-14-16-38-17-15-25)18-28(27)36(24-6-3-7-24)30(29)21-8-10-23(11-9-21)35-32(37)34-22-4-2-5-22/h8-13,18-19,22,24-25H,2-7,14-17H2,1H3,(H2,34,35,37). The van der Waals surface area contributed by atoms with E-state index in [9.17, 15) is 4.79 Å².